The summed E-state index contributed by atoms with van der Waals surface area (Å²) in [5.74, 6) is 0.121. The molecule has 6 rings (SSSR count). The van der Waals surface area contributed by atoms with Crippen LogP contribution in [0, 0.1) is 12.8 Å². The van der Waals surface area contributed by atoms with Crippen LogP contribution in [0.2, 0.25) is 0 Å². The largest absolute Gasteiger partial charge is 0.350 e. The van der Waals surface area contributed by atoms with Gasteiger partial charge in [-0.15, -0.1) is 0 Å². The molecule has 0 radical (unpaired) electrons. The molecule has 3 nitrogen and oxygen atoms in total. The third-order valence-electron chi connectivity index (χ3n) is 7.36. The minimum Gasteiger partial charge on any atom is -0.350 e. The maximum absolute atomic E-state index is 13.4. The number of para-hydroxylation sites is 2. The molecule has 3 heterocycles. The smallest absolute Gasteiger partial charge is 0.136 e. The summed E-state index contributed by atoms with van der Waals surface area (Å²) in [5.41, 5.74) is 7.40. The van der Waals surface area contributed by atoms with Crippen molar-refractivity contribution in [3.05, 3.63) is 107 Å². The van der Waals surface area contributed by atoms with Gasteiger partial charge in [0.05, 0.1) is 12.0 Å². The molecule has 3 aromatic carbocycles. The van der Waals surface area contributed by atoms with E-state index in [-0.39, 0.29) is 23.7 Å². The second-order valence-corrected chi connectivity index (χ2v) is 9.08. The number of fused-ring (bicyclic) bond motifs is 4. The highest BCUT2D eigenvalue weighted by molar-refractivity contribution is 5.92. The Kier molecular flexibility index (Phi) is 4.16. The average molecular weight is 419 g/mol. The number of rotatable bonds is 3. The van der Waals surface area contributed by atoms with E-state index in [2.05, 4.69) is 102 Å². The van der Waals surface area contributed by atoms with Gasteiger partial charge in [-0.05, 0) is 37.1 Å². The standard InChI is InChI=1S/C29H26N2O/c1-18-21-13-7-10-16-25(21)31-28(18)27(20-11-5-4-6-12-20)26(19(2)32)29(31)23-17-30(3)24-15-9-8-14-22(23)24/h4-17,26-27,29H,1-3H3/t26-,27-,29+/m1/s1. The molecule has 1 aliphatic rings. The van der Waals surface area contributed by atoms with Gasteiger partial charge in [-0.1, -0.05) is 66.7 Å². The summed E-state index contributed by atoms with van der Waals surface area (Å²) in [6, 6.07) is 27.7. The second-order valence-electron chi connectivity index (χ2n) is 9.08. The summed E-state index contributed by atoms with van der Waals surface area (Å²) in [6.07, 6.45) is 2.23. The topological polar surface area (TPSA) is 26.9 Å². The number of benzene rings is 3. The Labute approximate surface area is 187 Å². The van der Waals surface area contributed by atoms with Crippen molar-refractivity contribution in [3.63, 3.8) is 0 Å². The minimum absolute atomic E-state index is 0.0325. The maximum Gasteiger partial charge on any atom is 0.136 e. The van der Waals surface area contributed by atoms with Crippen molar-refractivity contribution in [2.75, 3.05) is 0 Å². The van der Waals surface area contributed by atoms with Crippen LogP contribution < -0.4 is 0 Å². The van der Waals surface area contributed by atoms with Crippen molar-refractivity contribution >= 4 is 27.6 Å². The zero-order valence-electron chi connectivity index (χ0n) is 18.6. The summed E-state index contributed by atoms with van der Waals surface area (Å²) in [4.78, 5) is 13.4. The molecule has 0 N–H and O–H groups in total. The van der Waals surface area contributed by atoms with Crippen LogP contribution in [0.15, 0.2) is 85.1 Å². The molecule has 0 bridgehead atoms. The predicted molar refractivity (Wildman–Crippen MR) is 130 cm³/mol. The lowest BCUT2D eigenvalue weighted by molar-refractivity contribution is -0.121. The monoisotopic (exact) mass is 418 g/mol. The molecule has 0 unspecified atom stereocenters. The summed E-state index contributed by atoms with van der Waals surface area (Å²) >= 11 is 0. The van der Waals surface area contributed by atoms with E-state index in [1.54, 1.807) is 6.92 Å². The molecule has 3 atom stereocenters. The number of ketones is 1. The van der Waals surface area contributed by atoms with Crippen LogP contribution in [0.3, 0.4) is 0 Å². The number of Topliss-reactive ketones (excluding diaryl/α,β-unsaturated/α-hetero) is 1. The van der Waals surface area contributed by atoms with E-state index in [4.69, 9.17) is 0 Å². The molecule has 0 spiro atoms. The Morgan fingerprint density at radius 1 is 0.812 bits per heavy atom. The lowest BCUT2D eigenvalue weighted by Crippen LogP contribution is -2.24. The number of aryl methyl sites for hydroxylation is 2. The fraction of sp³-hybridized carbons (Fsp3) is 0.207. The number of hydrogen-bond acceptors (Lipinski definition) is 1. The molecule has 0 fully saturated rings. The van der Waals surface area contributed by atoms with E-state index in [0.29, 0.717) is 0 Å². The predicted octanol–water partition coefficient (Wildman–Crippen LogP) is 6.38. The Bertz CT molecular complexity index is 1490. The molecule has 5 aromatic rings. The van der Waals surface area contributed by atoms with Gasteiger partial charge in [0.25, 0.3) is 0 Å². The summed E-state index contributed by atoms with van der Waals surface area (Å²) in [7, 11) is 2.10. The van der Waals surface area contributed by atoms with Crippen molar-refractivity contribution in [2.24, 2.45) is 13.0 Å². The highest BCUT2D eigenvalue weighted by Crippen LogP contribution is 2.53. The lowest BCUT2D eigenvalue weighted by Gasteiger charge is -2.24. The van der Waals surface area contributed by atoms with Gasteiger partial charge in [0, 0.05) is 52.2 Å². The van der Waals surface area contributed by atoms with Crippen molar-refractivity contribution < 1.29 is 4.79 Å². The van der Waals surface area contributed by atoms with Crippen LogP contribution >= 0.6 is 0 Å². The molecule has 158 valence electrons. The first kappa shape index (κ1) is 19.1. The molecular formula is C29H26N2O. The average Bonchev–Trinajstić information content (AvgIpc) is 3.43. The maximum atomic E-state index is 13.4. The Hall–Kier alpha value is -3.59. The highest BCUT2D eigenvalue weighted by Gasteiger charge is 2.47. The van der Waals surface area contributed by atoms with Crippen molar-refractivity contribution in [2.45, 2.75) is 25.8 Å². The summed E-state index contributed by atoms with van der Waals surface area (Å²) in [5, 5.41) is 2.50. The van der Waals surface area contributed by atoms with E-state index in [1.165, 1.54) is 44.2 Å². The molecule has 0 amide bonds. The third kappa shape index (κ3) is 2.51. The van der Waals surface area contributed by atoms with E-state index in [9.17, 15) is 4.79 Å². The molecule has 0 saturated heterocycles. The van der Waals surface area contributed by atoms with Crippen LogP contribution in [0.1, 0.15) is 41.3 Å². The second kappa shape index (κ2) is 6.96. The lowest BCUT2D eigenvalue weighted by atomic mass is 9.77. The van der Waals surface area contributed by atoms with Gasteiger partial charge >= 0.3 is 0 Å². The summed E-state index contributed by atoms with van der Waals surface area (Å²) in [6.45, 7) is 3.98. The quantitative estimate of drug-likeness (QED) is 0.334. The Balaban J connectivity index is 1.73. The Morgan fingerprint density at radius 3 is 2.16 bits per heavy atom. The van der Waals surface area contributed by atoms with E-state index in [1.807, 2.05) is 6.07 Å². The Morgan fingerprint density at radius 2 is 1.44 bits per heavy atom. The number of carbonyl (C=O) groups excluding carboxylic acids is 1. The first-order valence-electron chi connectivity index (χ1n) is 11.3. The molecule has 1 aliphatic heterocycles. The fourth-order valence-corrected chi connectivity index (χ4v) is 6.07. The third-order valence-corrected chi connectivity index (χ3v) is 7.36. The number of nitrogens with zero attached hydrogens (tertiary/aromatic N) is 2. The van der Waals surface area contributed by atoms with Crippen LogP contribution in [0.25, 0.3) is 21.8 Å². The van der Waals surface area contributed by atoms with E-state index < -0.39 is 0 Å². The number of aromatic nitrogens is 2. The van der Waals surface area contributed by atoms with Crippen molar-refractivity contribution in [1.82, 2.24) is 9.13 Å². The van der Waals surface area contributed by atoms with E-state index >= 15 is 0 Å². The highest BCUT2D eigenvalue weighted by atomic mass is 16.1. The first-order valence-corrected chi connectivity index (χ1v) is 11.3. The zero-order chi connectivity index (χ0) is 22.0. The van der Waals surface area contributed by atoms with Crippen LogP contribution in [-0.4, -0.2) is 14.9 Å². The van der Waals surface area contributed by atoms with Gasteiger partial charge in [0.2, 0.25) is 0 Å². The molecule has 0 aliphatic carbocycles. The van der Waals surface area contributed by atoms with Gasteiger partial charge in [-0.25, -0.2) is 0 Å². The van der Waals surface area contributed by atoms with Crippen LogP contribution in [-0.2, 0) is 11.8 Å². The SMILES string of the molecule is CC(=O)[C@@H]1[C@@H](c2ccccc2)c2c(C)c3ccccc3n2[C@H]1c1cn(C)c2ccccc12. The van der Waals surface area contributed by atoms with Gasteiger partial charge in [0.15, 0.2) is 0 Å². The van der Waals surface area contributed by atoms with Crippen molar-refractivity contribution in [1.29, 1.82) is 0 Å². The molecule has 3 heteroatoms. The van der Waals surface area contributed by atoms with Crippen LogP contribution in [0.5, 0.6) is 0 Å². The van der Waals surface area contributed by atoms with Crippen molar-refractivity contribution in [3.8, 4) is 0 Å². The zero-order valence-corrected chi connectivity index (χ0v) is 18.6. The van der Waals surface area contributed by atoms with E-state index in [0.717, 1.165) is 0 Å². The molecule has 2 aromatic heterocycles. The fourth-order valence-electron chi connectivity index (χ4n) is 6.07. The minimum atomic E-state index is -0.151. The van der Waals surface area contributed by atoms with Gasteiger partial charge in [-0.2, -0.15) is 0 Å². The first-order chi connectivity index (χ1) is 15.6. The normalized spacial score (nSPS) is 20.2. The van der Waals surface area contributed by atoms with Crippen LogP contribution in [0.4, 0.5) is 0 Å². The summed E-state index contributed by atoms with van der Waals surface area (Å²) < 4.78 is 4.66. The molecule has 0 saturated carbocycles. The molecular weight excluding hydrogens is 392 g/mol. The molecule has 32 heavy (non-hydrogen) atoms. The van der Waals surface area contributed by atoms with Gasteiger partial charge in [-0.3, -0.25) is 4.79 Å². The number of carbonyl (C=O) groups is 1. The number of hydrogen-bond donors (Lipinski definition) is 0. The van der Waals surface area contributed by atoms with Gasteiger partial charge in [0.1, 0.15) is 5.78 Å². The van der Waals surface area contributed by atoms with Gasteiger partial charge < -0.3 is 9.13 Å².